The van der Waals surface area contributed by atoms with Crippen LogP contribution in [0, 0.1) is 0 Å². The fourth-order valence-corrected chi connectivity index (χ4v) is 4.33. The number of carbonyl (C=O) groups excluding carboxylic acids is 1. The number of oxazole rings is 1. The molecule has 0 N–H and O–H groups in total. The maximum absolute atomic E-state index is 12.7. The normalized spacial score (nSPS) is 17.1. The van der Waals surface area contributed by atoms with Crippen molar-refractivity contribution in [2.75, 3.05) is 13.1 Å². The standard InChI is InChI=1S/C21H20N4O3S/c26-19(8-7-18-23-24-21(28-18)15-9-11-29-13-15)25-10-3-4-14(12-25)20-22-16-5-1-2-6-17(16)27-20/h1-2,5-6,9,11,13-14H,3-4,7-8,10,12H2. The van der Waals surface area contributed by atoms with Crippen LogP contribution < -0.4 is 0 Å². The van der Waals surface area contributed by atoms with Crippen molar-refractivity contribution in [3.63, 3.8) is 0 Å². The van der Waals surface area contributed by atoms with E-state index in [2.05, 4.69) is 15.2 Å². The van der Waals surface area contributed by atoms with Gasteiger partial charge in [-0.1, -0.05) is 12.1 Å². The van der Waals surface area contributed by atoms with Gasteiger partial charge < -0.3 is 13.7 Å². The maximum atomic E-state index is 12.7. The lowest BCUT2D eigenvalue weighted by Crippen LogP contribution is -2.39. The van der Waals surface area contributed by atoms with Gasteiger partial charge in [-0.3, -0.25) is 4.79 Å². The molecule has 4 aromatic rings. The monoisotopic (exact) mass is 408 g/mol. The van der Waals surface area contributed by atoms with Crippen LogP contribution in [0.25, 0.3) is 22.6 Å². The van der Waals surface area contributed by atoms with E-state index in [9.17, 15) is 4.79 Å². The number of likely N-dealkylation sites (tertiary alicyclic amines) is 1. The van der Waals surface area contributed by atoms with Gasteiger partial charge >= 0.3 is 0 Å². The SMILES string of the molecule is O=C(CCc1nnc(-c2ccsc2)o1)N1CCCC(c2nc3ccccc3o2)C1. The van der Waals surface area contributed by atoms with Crippen molar-refractivity contribution < 1.29 is 13.6 Å². The molecule has 0 aliphatic carbocycles. The van der Waals surface area contributed by atoms with Gasteiger partial charge in [-0.25, -0.2) is 4.98 Å². The Hall–Kier alpha value is -3.00. The Kier molecular flexibility index (Phi) is 4.85. The van der Waals surface area contributed by atoms with Crippen LogP contribution in [-0.2, 0) is 11.2 Å². The van der Waals surface area contributed by atoms with Crippen LogP contribution in [0.1, 0.15) is 37.0 Å². The highest BCUT2D eigenvalue weighted by Crippen LogP contribution is 2.29. The zero-order chi connectivity index (χ0) is 19.6. The molecule has 1 unspecified atom stereocenters. The molecule has 4 heterocycles. The lowest BCUT2D eigenvalue weighted by molar-refractivity contribution is -0.132. The lowest BCUT2D eigenvalue weighted by Gasteiger charge is -2.31. The Morgan fingerprint density at radius 1 is 1.21 bits per heavy atom. The number of carbonyl (C=O) groups is 1. The maximum Gasteiger partial charge on any atom is 0.248 e. The van der Waals surface area contributed by atoms with Crippen molar-refractivity contribution in [1.29, 1.82) is 0 Å². The van der Waals surface area contributed by atoms with Gasteiger partial charge in [0.15, 0.2) is 11.5 Å². The average molecular weight is 408 g/mol. The summed E-state index contributed by atoms with van der Waals surface area (Å²) in [6.07, 6.45) is 2.72. The molecule has 0 radical (unpaired) electrons. The van der Waals surface area contributed by atoms with Gasteiger partial charge in [0.1, 0.15) is 5.52 Å². The number of rotatable bonds is 5. The predicted molar refractivity (Wildman–Crippen MR) is 108 cm³/mol. The third kappa shape index (κ3) is 3.80. The molecule has 3 aromatic heterocycles. The van der Waals surface area contributed by atoms with Gasteiger partial charge in [-0.05, 0) is 36.4 Å². The molecule has 1 aromatic carbocycles. The van der Waals surface area contributed by atoms with Crippen LogP contribution in [-0.4, -0.2) is 39.1 Å². The molecule has 8 heteroatoms. The molecular weight excluding hydrogens is 388 g/mol. The van der Waals surface area contributed by atoms with E-state index in [1.807, 2.05) is 46.0 Å². The molecule has 148 valence electrons. The average Bonchev–Trinajstić information content (AvgIpc) is 3.52. The van der Waals surface area contributed by atoms with E-state index >= 15 is 0 Å². The van der Waals surface area contributed by atoms with Crippen molar-refractivity contribution in [3.8, 4) is 11.5 Å². The first-order chi connectivity index (χ1) is 14.3. The van der Waals surface area contributed by atoms with Gasteiger partial charge in [0.05, 0.1) is 5.92 Å². The number of aryl methyl sites for hydroxylation is 1. The van der Waals surface area contributed by atoms with E-state index in [0.717, 1.165) is 41.9 Å². The Balaban J connectivity index is 1.21. The summed E-state index contributed by atoms with van der Waals surface area (Å²) in [7, 11) is 0. The summed E-state index contributed by atoms with van der Waals surface area (Å²) in [6, 6.07) is 9.70. The fraction of sp³-hybridized carbons (Fsp3) is 0.333. The molecule has 1 fully saturated rings. The summed E-state index contributed by atoms with van der Waals surface area (Å²) in [5.41, 5.74) is 2.57. The molecule has 7 nitrogen and oxygen atoms in total. The van der Waals surface area contributed by atoms with Crippen LogP contribution in [0.4, 0.5) is 0 Å². The van der Waals surface area contributed by atoms with E-state index in [4.69, 9.17) is 8.83 Å². The second-order valence-electron chi connectivity index (χ2n) is 7.21. The molecule has 1 aliphatic rings. The van der Waals surface area contributed by atoms with Crippen LogP contribution >= 0.6 is 11.3 Å². The number of hydrogen-bond donors (Lipinski definition) is 0. The first-order valence-corrected chi connectivity index (χ1v) is 10.7. The quantitative estimate of drug-likeness (QED) is 0.490. The summed E-state index contributed by atoms with van der Waals surface area (Å²) < 4.78 is 11.6. The first kappa shape index (κ1) is 18.1. The number of benzene rings is 1. The Morgan fingerprint density at radius 3 is 3.00 bits per heavy atom. The Bertz CT molecular complexity index is 1090. The molecule has 1 amide bonds. The van der Waals surface area contributed by atoms with E-state index < -0.39 is 0 Å². The number of para-hydroxylation sites is 2. The number of amides is 1. The Morgan fingerprint density at radius 2 is 2.14 bits per heavy atom. The number of aromatic nitrogens is 3. The van der Waals surface area contributed by atoms with Gasteiger partial charge in [-0.2, -0.15) is 11.3 Å². The third-order valence-corrected chi connectivity index (χ3v) is 5.90. The van der Waals surface area contributed by atoms with Gasteiger partial charge in [0, 0.05) is 36.9 Å². The molecule has 1 saturated heterocycles. The van der Waals surface area contributed by atoms with E-state index in [-0.39, 0.29) is 11.8 Å². The summed E-state index contributed by atoms with van der Waals surface area (Å²) >= 11 is 1.58. The molecule has 5 rings (SSSR count). The van der Waals surface area contributed by atoms with Crippen molar-refractivity contribution >= 4 is 28.3 Å². The Labute approximate surface area is 171 Å². The number of hydrogen-bond acceptors (Lipinski definition) is 7. The van der Waals surface area contributed by atoms with Gasteiger partial charge in [0.2, 0.25) is 17.7 Å². The van der Waals surface area contributed by atoms with Crippen molar-refractivity contribution in [2.24, 2.45) is 0 Å². The topological polar surface area (TPSA) is 85.3 Å². The predicted octanol–water partition coefficient (Wildman–Crippen LogP) is 4.28. The number of piperidine rings is 1. The zero-order valence-corrected chi connectivity index (χ0v) is 16.6. The van der Waals surface area contributed by atoms with Gasteiger partial charge in [-0.15, -0.1) is 10.2 Å². The summed E-state index contributed by atoms with van der Waals surface area (Å²) in [6.45, 7) is 1.40. The zero-order valence-electron chi connectivity index (χ0n) is 15.8. The molecule has 0 saturated carbocycles. The second kappa shape index (κ2) is 7.79. The van der Waals surface area contributed by atoms with E-state index in [1.165, 1.54) is 0 Å². The van der Waals surface area contributed by atoms with Crippen LogP contribution in [0.3, 0.4) is 0 Å². The molecule has 1 atom stereocenters. The van der Waals surface area contributed by atoms with Crippen molar-refractivity contribution in [2.45, 2.75) is 31.6 Å². The molecule has 1 aliphatic heterocycles. The number of thiophene rings is 1. The number of fused-ring (bicyclic) bond motifs is 1. The molecule has 0 spiro atoms. The second-order valence-corrected chi connectivity index (χ2v) is 7.99. The van der Waals surface area contributed by atoms with Crippen LogP contribution in [0.5, 0.6) is 0 Å². The summed E-state index contributed by atoms with van der Waals surface area (Å²) in [5, 5.41) is 12.1. The molecule has 29 heavy (non-hydrogen) atoms. The smallest absolute Gasteiger partial charge is 0.248 e. The van der Waals surface area contributed by atoms with E-state index in [0.29, 0.717) is 31.2 Å². The highest BCUT2D eigenvalue weighted by atomic mass is 32.1. The van der Waals surface area contributed by atoms with Crippen molar-refractivity contribution in [1.82, 2.24) is 20.1 Å². The molecule has 0 bridgehead atoms. The minimum absolute atomic E-state index is 0.0982. The van der Waals surface area contributed by atoms with Crippen LogP contribution in [0.2, 0.25) is 0 Å². The highest BCUT2D eigenvalue weighted by Gasteiger charge is 2.28. The molecular formula is C21H20N4O3S. The van der Waals surface area contributed by atoms with Gasteiger partial charge in [0.25, 0.3) is 0 Å². The largest absolute Gasteiger partial charge is 0.440 e. The summed E-state index contributed by atoms with van der Waals surface area (Å²) in [5.74, 6) is 1.95. The first-order valence-electron chi connectivity index (χ1n) is 9.74. The summed E-state index contributed by atoms with van der Waals surface area (Å²) in [4.78, 5) is 19.3. The minimum atomic E-state index is 0.0982. The lowest BCUT2D eigenvalue weighted by atomic mass is 9.97. The minimum Gasteiger partial charge on any atom is -0.440 e. The fourth-order valence-electron chi connectivity index (χ4n) is 3.70. The number of nitrogens with zero attached hydrogens (tertiary/aromatic N) is 4. The van der Waals surface area contributed by atoms with Crippen molar-refractivity contribution in [3.05, 3.63) is 52.9 Å². The van der Waals surface area contributed by atoms with Crippen LogP contribution in [0.15, 0.2) is 49.9 Å². The highest BCUT2D eigenvalue weighted by molar-refractivity contribution is 7.08. The van der Waals surface area contributed by atoms with E-state index in [1.54, 1.807) is 11.3 Å². The third-order valence-electron chi connectivity index (χ3n) is 5.22.